The summed E-state index contributed by atoms with van der Waals surface area (Å²) in [7, 11) is 0. The van der Waals surface area contributed by atoms with E-state index in [0.29, 0.717) is 25.8 Å². The zero-order valence-electron chi connectivity index (χ0n) is 8.57. The summed E-state index contributed by atoms with van der Waals surface area (Å²) in [4.78, 5) is 14.9. The highest BCUT2D eigenvalue weighted by molar-refractivity contribution is 5.82. The van der Waals surface area contributed by atoms with Crippen LogP contribution in [0.4, 0.5) is 0 Å². The van der Waals surface area contributed by atoms with Crippen LogP contribution >= 0.6 is 0 Å². The smallest absolute Gasteiger partial charge is 0.185 e. The van der Waals surface area contributed by atoms with Gasteiger partial charge in [0.25, 0.3) is 0 Å². The first-order chi connectivity index (χ1) is 6.57. The lowest BCUT2D eigenvalue weighted by Gasteiger charge is -2.07. The lowest BCUT2D eigenvalue weighted by Crippen LogP contribution is -2.23. The molecular weight excluding hydrogens is 182 g/mol. The first kappa shape index (κ1) is 12.9. The van der Waals surface area contributed by atoms with Gasteiger partial charge in [-0.25, -0.2) is 0 Å². The van der Waals surface area contributed by atoms with Crippen LogP contribution in [0.25, 0.3) is 0 Å². The van der Waals surface area contributed by atoms with Crippen LogP contribution in [0.5, 0.6) is 0 Å². The van der Waals surface area contributed by atoms with Crippen molar-refractivity contribution < 1.29 is 9.90 Å². The van der Waals surface area contributed by atoms with Crippen LogP contribution in [0.3, 0.4) is 0 Å². The maximum absolute atomic E-state index is 11.1. The number of aliphatic hydroxyl groups is 1. The molecule has 0 spiro atoms. The largest absolute Gasteiger partial charge is 0.385 e. The summed E-state index contributed by atoms with van der Waals surface area (Å²) in [6, 6.07) is 0. The van der Waals surface area contributed by atoms with Crippen molar-refractivity contribution in [2.45, 2.75) is 38.7 Å². The molecule has 5 nitrogen and oxygen atoms in total. The van der Waals surface area contributed by atoms with Gasteiger partial charge in [0.1, 0.15) is 6.10 Å². The maximum atomic E-state index is 11.1. The fraction of sp³-hybridized carbons (Fsp3) is 0.778. The minimum absolute atomic E-state index is 0.0411. The number of guanidine groups is 1. The summed E-state index contributed by atoms with van der Waals surface area (Å²) in [5.41, 5.74) is 10.2. The molecule has 0 amide bonds. The van der Waals surface area contributed by atoms with Gasteiger partial charge in [-0.05, 0) is 19.3 Å². The van der Waals surface area contributed by atoms with Crippen molar-refractivity contribution in [3.63, 3.8) is 0 Å². The minimum atomic E-state index is -0.857. The number of nitrogens with zero attached hydrogens (tertiary/aromatic N) is 1. The maximum Gasteiger partial charge on any atom is 0.185 e. The highest BCUT2D eigenvalue weighted by atomic mass is 16.3. The Bertz CT molecular complexity index is 200. The van der Waals surface area contributed by atoms with E-state index in [1.807, 2.05) is 6.92 Å². The van der Waals surface area contributed by atoms with Gasteiger partial charge in [-0.3, -0.25) is 9.79 Å². The average Bonchev–Trinajstić information content (AvgIpc) is 2.12. The second kappa shape index (κ2) is 7.32. The molecule has 0 saturated carbocycles. The third-order valence-corrected chi connectivity index (χ3v) is 1.80. The SMILES string of the molecule is CCCC(=O)C(O)CCCN=C(N)N. The molecule has 0 bridgehead atoms. The van der Waals surface area contributed by atoms with Crippen LogP contribution in [0.15, 0.2) is 4.99 Å². The number of carbonyl (C=O) groups excluding carboxylic acids is 1. The number of nitrogens with two attached hydrogens (primary N) is 2. The summed E-state index contributed by atoms with van der Waals surface area (Å²) in [5, 5.41) is 9.35. The number of hydrogen-bond donors (Lipinski definition) is 3. The molecule has 0 radical (unpaired) electrons. The summed E-state index contributed by atoms with van der Waals surface area (Å²) in [6.45, 7) is 2.36. The Kier molecular flexibility index (Phi) is 6.74. The van der Waals surface area contributed by atoms with E-state index in [2.05, 4.69) is 4.99 Å². The molecule has 14 heavy (non-hydrogen) atoms. The number of rotatable bonds is 7. The molecule has 1 atom stereocenters. The zero-order chi connectivity index (χ0) is 11.0. The van der Waals surface area contributed by atoms with Gasteiger partial charge in [0.05, 0.1) is 0 Å². The number of carbonyl (C=O) groups is 1. The Morgan fingerprint density at radius 1 is 1.50 bits per heavy atom. The standard InChI is InChI=1S/C9H19N3O2/c1-2-4-7(13)8(14)5-3-6-12-9(10)11/h8,14H,2-6H2,1H3,(H4,10,11,12). The number of aliphatic imine (C=N–C) groups is 1. The van der Waals surface area contributed by atoms with Gasteiger partial charge in [0.15, 0.2) is 11.7 Å². The van der Waals surface area contributed by atoms with Crippen molar-refractivity contribution in [2.75, 3.05) is 6.54 Å². The third kappa shape index (κ3) is 6.42. The molecule has 0 aliphatic carbocycles. The minimum Gasteiger partial charge on any atom is -0.385 e. The molecule has 0 aromatic heterocycles. The molecule has 0 aliphatic rings. The molecular formula is C9H19N3O2. The van der Waals surface area contributed by atoms with Crippen molar-refractivity contribution >= 4 is 11.7 Å². The van der Waals surface area contributed by atoms with E-state index in [1.54, 1.807) is 0 Å². The molecule has 0 aliphatic heterocycles. The highest BCUT2D eigenvalue weighted by Crippen LogP contribution is 2.02. The van der Waals surface area contributed by atoms with Gasteiger partial charge in [-0.2, -0.15) is 0 Å². The second-order valence-corrected chi connectivity index (χ2v) is 3.18. The molecule has 1 unspecified atom stereocenters. The van der Waals surface area contributed by atoms with E-state index in [4.69, 9.17) is 11.5 Å². The van der Waals surface area contributed by atoms with Crippen LogP contribution in [0.1, 0.15) is 32.6 Å². The van der Waals surface area contributed by atoms with Crippen molar-refractivity contribution in [1.82, 2.24) is 0 Å². The number of hydrogen-bond acceptors (Lipinski definition) is 3. The number of aliphatic hydroxyl groups excluding tert-OH is 1. The third-order valence-electron chi connectivity index (χ3n) is 1.80. The monoisotopic (exact) mass is 201 g/mol. The molecule has 0 fully saturated rings. The molecule has 0 heterocycles. The van der Waals surface area contributed by atoms with Gasteiger partial charge < -0.3 is 16.6 Å². The van der Waals surface area contributed by atoms with Gasteiger partial charge in [0.2, 0.25) is 0 Å². The van der Waals surface area contributed by atoms with E-state index in [9.17, 15) is 9.90 Å². The molecule has 5 heteroatoms. The van der Waals surface area contributed by atoms with E-state index < -0.39 is 6.10 Å². The molecule has 82 valence electrons. The summed E-state index contributed by atoms with van der Waals surface area (Å²) >= 11 is 0. The second-order valence-electron chi connectivity index (χ2n) is 3.18. The van der Waals surface area contributed by atoms with Crippen LogP contribution < -0.4 is 11.5 Å². The average molecular weight is 201 g/mol. The van der Waals surface area contributed by atoms with Gasteiger partial charge >= 0.3 is 0 Å². The molecule has 0 saturated heterocycles. The van der Waals surface area contributed by atoms with E-state index in [0.717, 1.165) is 6.42 Å². The molecule has 5 N–H and O–H groups in total. The van der Waals surface area contributed by atoms with Gasteiger partial charge in [-0.1, -0.05) is 6.92 Å². The van der Waals surface area contributed by atoms with Crippen LogP contribution in [-0.2, 0) is 4.79 Å². The van der Waals surface area contributed by atoms with Crippen molar-refractivity contribution in [3.8, 4) is 0 Å². The summed E-state index contributed by atoms with van der Waals surface area (Å²) < 4.78 is 0. The fourth-order valence-electron chi connectivity index (χ4n) is 1.07. The van der Waals surface area contributed by atoms with Crippen LogP contribution in [-0.4, -0.2) is 29.5 Å². The van der Waals surface area contributed by atoms with Gasteiger partial charge in [-0.15, -0.1) is 0 Å². The number of ketones is 1. The fourth-order valence-corrected chi connectivity index (χ4v) is 1.07. The van der Waals surface area contributed by atoms with E-state index in [1.165, 1.54) is 0 Å². The van der Waals surface area contributed by atoms with Gasteiger partial charge in [0, 0.05) is 13.0 Å². The Morgan fingerprint density at radius 2 is 2.14 bits per heavy atom. The predicted molar refractivity (Wildman–Crippen MR) is 55.8 cm³/mol. The zero-order valence-corrected chi connectivity index (χ0v) is 8.57. The van der Waals surface area contributed by atoms with E-state index in [-0.39, 0.29) is 11.7 Å². The molecule has 0 aromatic carbocycles. The van der Waals surface area contributed by atoms with E-state index >= 15 is 0 Å². The predicted octanol–water partition coefficient (Wildman–Crippen LogP) is -0.230. The first-order valence-corrected chi connectivity index (χ1v) is 4.84. The first-order valence-electron chi connectivity index (χ1n) is 4.84. The topological polar surface area (TPSA) is 102 Å². The lowest BCUT2D eigenvalue weighted by molar-refractivity contribution is -0.127. The Labute approximate surface area is 84.2 Å². The normalized spacial score (nSPS) is 12.1. The Hall–Kier alpha value is -1.10. The van der Waals surface area contributed by atoms with Crippen LogP contribution in [0.2, 0.25) is 0 Å². The molecule has 0 aromatic rings. The Morgan fingerprint density at radius 3 is 2.64 bits per heavy atom. The number of Topliss-reactive ketones (excluding diaryl/α,β-unsaturated/α-hetero) is 1. The van der Waals surface area contributed by atoms with Crippen molar-refractivity contribution in [3.05, 3.63) is 0 Å². The van der Waals surface area contributed by atoms with Crippen molar-refractivity contribution in [2.24, 2.45) is 16.5 Å². The molecule has 0 rings (SSSR count). The summed E-state index contributed by atoms with van der Waals surface area (Å²) in [5.74, 6) is -0.0587. The quantitative estimate of drug-likeness (QED) is 0.301. The Balaban J connectivity index is 3.58. The van der Waals surface area contributed by atoms with Crippen LogP contribution in [0, 0.1) is 0 Å². The lowest BCUT2D eigenvalue weighted by atomic mass is 10.1. The summed E-state index contributed by atoms with van der Waals surface area (Å²) in [6.07, 6.45) is 1.39. The highest BCUT2D eigenvalue weighted by Gasteiger charge is 2.12. The van der Waals surface area contributed by atoms with Crippen molar-refractivity contribution in [1.29, 1.82) is 0 Å².